The third kappa shape index (κ3) is 13.6. The molecule has 1 saturated carbocycles. The van der Waals surface area contributed by atoms with Crippen LogP contribution in [-0.2, 0) is 23.9 Å². The third-order valence-electron chi connectivity index (χ3n) is 6.27. The lowest BCUT2D eigenvalue weighted by molar-refractivity contribution is -0.152. The number of hydrogen-bond donors (Lipinski definition) is 3. The fraction of sp³-hybridized carbons (Fsp3) is 0.741. The fourth-order valence-electron chi connectivity index (χ4n) is 4.28. The van der Waals surface area contributed by atoms with Gasteiger partial charge in [0, 0.05) is 25.7 Å². The van der Waals surface area contributed by atoms with Crippen molar-refractivity contribution in [1.82, 2.24) is 0 Å². The Morgan fingerprint density at radius 3 is 2.51 bits per heavy atom. The topological polar surface area (TPSA) is 130 Å². The van der Waals surface area contributed by atoms with E-state index in [-0.39, 0.29) is 30.8 Å². The zero-order chi connectivity index (χ0) is 26.1. The third-order valence-corrected chi connectivity index (χ3v) is 6.27. The fourth-order valence-corrected chi connectivity index (χ4v) is 4.28. The lowest BCUT2D eigenvalue weighted by atomic mass is 9.89. The zero-order valence-corrected chi connectivity index (χ0v) is 21.2. The summed E-state index contributed by atoms with van der Waals surface area (Å²) in [6.07, 6.45) is 12.4. The van der Waals surface area contributed by atoms with E-state index in [9.17, 15) is 29.7 Å². The molecular weight excluding hydrogens is 452 g/mol. The first kappa shape index (κ1) is 31.0. The zero-order valence-electron chi connectivity index (χ0n) is 21.2. The molecule has 1 fully saturated rings. The van der Waals surface area contributed by atoms with Crippen molar-refractivity contribution in [3.63, 3.8) is 0 Å². The van der Waals surface area contributed by atoms with Crippen molar-refractivity contribution in [3.05, 3.63) is 24.3 Å². The van der Waals surface area contributed by atoms with Gasteiger partial charge in [0.2, 0.25) is 0 Å². The highest BCUT2D eigenvalue weighted by Crippen LogP contribution is 2.36. The van der Waals surface area contributed by atoms with Crippen LogP contribution in [0.25, 0.3) is 0 Å². The first-order chi connectivity index (χ1) is 16.8. The first-order valence-electron chi connectivity index (χ1n) is 12.9. The van der Waals surface area contributed by atoms with Gasteiger partial charge in [-0.25, -0.2) is 0 Å². The lowest BCUT2D eigenvalue weighted by Crippen LogP contribution is -2.20. The maximum Gasteiger partial charge on any atom is 0.306 e. The van der Waals surface area contributed by atoms with Crippen LogP contribution in [-0.4, -0.2) is 64.6 Å². The van der Waals surface area contributed by atoms with Crippen molar-refractivity contribution in [1.29, 1.82) is 0 Å². The molecule has 1 aliphatic rings. The van der Waals surface area contributed by atoms with Crippen LogP contribution in [0.2, 0.25) is 0 Å². The van der Waals surface area contributed by atoms with E-state index in [0.717, 1.165) is 19.3 Å². The van der Waals surface area contributed by atoms with Crippen LogP contribution >= 0.6 is 0 Å². The Labute approximate surface area is 209 Å². The summed E-state index contributed by atoms with van der Waals surface area (Å²) in [6.45, 7) is 3.61. The van der Waals surface area contributed by atoms with Gasteiger partial charge in [0.25, 0.3) is 0 Å². The van der Waals surface area contributed by atoms with Crippen molar-refractivity contribution in [2.45, 2.75) is 109 Å². The van der Waals surface area contributed by atoms with Crippen molar-refractivity contribution in [2.75, 3.05) is 6.61 Å². The van der Waals surface area contributed by atoms with E-state index >= 15 is 0 Å². The molecule has 0 spiro atoms. The van der Waals surface area contributed by atoms with Crippen LogP contribution in [0, 0.1) is 11.8 Å². The number of ether oxygens (including phenoxy) is 2. The van der Waals surface area contributed by atoms with Crippen molar-refractivity contribution in [3.8, 4) is 0 Å². The number of aliphatic hydroxyl groups excluding tert-OH is 3. The number of carbonyl (C=O) groups is 3. The predicted molar refractivity (Wildman–Crippen MR) is 132 cm³/mol. The maximum atomic E-state index is 11.9. The van der Waals surface area contributed by atoms with Crippen LogP contribution < -0.4 is 0 Å². The molecule has 1 aliphatic carbocycles. The summed E-state index contributed by atoms with van der Waals surface area (Å²) in [4.78, 5) is 33.7. The molecule has 0 aromatic rings. The minimum absolute atomic E-state index is 0.120. The Hall–Kier alpha value is -2.03. The van der Waals surface area contributed by atoms with Gasteiger partial charge in [-0.05, 0) is 44.4 Å². The number of allylic oxidation sites excluding steroid dienone is 2. The van der Waals surface area contributed by atoms with Gasteiger partial charge in [-0.2, -0.15) is 0 Å². The van der Waals surface area contributed by atoms with E-state index in [2.05, 4.69) is 6.92 Å². The molecule has 200 valence electrons. The second kappa shape index (κ2) is 18.3. The molecule has 8 heteroatoms. The van der Waals surface area contributed by atoms with E-state index in [1.54, 1.807) is 6.08 Å². The maximum absolute atomic E-state index is 11.9. The summed E-state index contributed by atoms with van der Waals surface area (Å²) in [5, 5.41) is 30.8. The molecule has 1 unspecified atom stereocenters. The van der Waals surface area contributed by atoms with Gasteiger partial charge < -0.3 is 24.8 Å². The van der Waals surface area contributed by atoms with Gasteiger partial charge >= 0.3 is 11.9 Å². The van der Waals surface area contributed by atoms with Gasteiger partial charge in [0.15, 0.2) is 12.4 Å². The monoisotopic (exact) mass is 496 g/mol. The van der Waals surface area contributed by atoms with Crippen LogP contribution in [0.3, 0.4) is 0 Å². The Morgan fingerprint density at radius 2 is 1.83 bits per heavy atom. The van der Waals surface area contributed by atoms with Gasteiger partial charge in [0.1, 0.15) is 0 Å². The average Bonchev–Trinajstić information content (AvgIpc) is 3.08. The number of hydrogen-bond acceptors (Lipinski definition) is 8. The van der Waals surface area contributed by atoms with Gasteiger partial charge in [-0.3, -0.25) is 14.4 Å². The molecule has 6 atom stereocenters. The summed E-state index contributed by atoms with van der Waals surface area (Å²) in [5.41, 5.74) is 0. The second-order valence-electron chi connectivity index (χ2n) is 9.31. The average molecular weight is 497 g/mol. The van der Waals surface area contributed by atoms with Crippen LogP contribution in [0.4, 0.5) is 0 Å². The minimum Gasteiger partial charge on any atom is -0.466 e. The van der Waals surface area contributed by atoms with E-state index < -0.39 is 30.4 Å². The highest BCUT2D eigenvalue weighted by Gasteiger charge is 2.39. The molecule has 0 heterocycles. The summed E-state index contributed by atoms with van der Waals surface area (Å²) < 4.78 is 9.95. The lowest BCUT2D eigenvalue weighted by Gasteiger charge is -2.19. The highest BCUT2D eigenvalue weighted by atomic mass is 16.5. The second-order valence-corrected chi connectivity index (χ2v) is 9.31. The van der Waals surface area contributed by atoms with E-state index in [1.165, 1.54) is 6.92 Å². The number of aliphatic hydroxyl groups is 3. The van der Waals surface area contributed by atoms with Crippen molar-refractivity contribution < 1.29 is 39.2 Å². The minimum atomic E-state index is -0.834. The number of carbonyl (C=O) groups excluding carboxylic acids is 3. The predicted octanol–water partition coefficient (Wildman–Crippen LogP) is 3.41. The standard InChI is InChI=1S/C27H44O8/c1-3-4-7-11-21(30)15-16-24-23(25(31)18-26(24)32)13-8-5-6-9-14-27(33)35-22(19-28)12-10-17-34-20(2)29/h5,8,15-16,19,21-26,30-32H,3-4,6-7,9-14,17-18H2,1-2H3/b8-5-,16-15+/t21-,22?,23+,24+,25-,26+/m0/s1. The van der Waals surface area contributed by atoms with Crippen LogP contribution in [0.1, 0.15) is 84.5 Å². The number of rotatable bonds is 18. The Kier molecular flexibility index (Phi) is 16.2. The van der Waals surface area contributed by atoms with Crippen molar-refractivity contribution in [2.24, 2.45) is 11.8 Å². The molecule has 0 aromatic carbocycles. The van der Waals surface area contributed by atoms with Crippen LogP contribution in [0.15, 0.2) is 24.3 Å². The Balaban J connectivity index is 2.34. The first-order valence-corrected chi connectivity index (χ1v) is 12.9. The number of aldehydes is 1. The molecule has 0 aromatic heterocycles. The molecule has 0 bridgehead atoms. The van der Waals surface area contributed by atoms with Gasteiger partial charge in [0.05, 0.1) is 24.9 Å². The molecule has 0 radical (unpaired) electrons. The smallest absolute Gasteiger partial charge is 0.306 e. The summed E-state index contributed by atoms with van der Waals surface area (Å²) in [5.74, 6) is -1.16. The van der Waals surface area contributed by atoms with Crippen molar-refractivity contribution >= 4 is 18.2 Å². The molecule has 3 N–H and O–H groups in total. The van der Waals surface area contributed by atoms with E-state index in [1.807, 2.05) is 18.2 Å². The quantitative estimate of drug-likeness (QED) is 0.114. The summed E-state index contributed by atoms with van der Waals surface area (Å²) >= 11 is 0. The van der Waals surface area contributed by atoms with Crippen LogP contribution in [0.5, 0.6) is 0 Å². The molecular formula is C27H44O8. The number of esters is 2. The summed E-state index contributed by atoms with van der Waals surface area (Å²) in [6, 6.07) is 0. The molecule has 0 amide bonds. The van der Waals surface area contributed by atoms with E-state index in [0.29, 0.717) is 51.2 Å². The van der Waals surface area contributed by atoms with Gasteiger partial charge in [-0.15, -0.1) is 0 Å². The SMILES string of the molecule is CCCCC[C@H](O)/C=C/[C@@H]1[C@@H](C/C=C\CCCC(=O)OC(C=O)CCCOC(C)=O)[C@@H](O)C[C@H]1O. The molecule has 35 heavy (non-hydrogen) atoms. The molecule has 8 nitrogen and oxygen atoms in total. The van der Waals surface area contributed by atoms with Gasteiger partial charge in [-0.1, -0.05) is 50.5 Å². The number of unbranched alkanes of at least 4 members (excludes halogenated alkanes) is 3. The molecule has 1 rings (SSSR count). The molecule has 0 saturated heterocycles. The Morgan fingerprint density at radius 1 is 1.06 bits per heavy atom. The van der Waals surface area contributed by atoms with E-state index in [4.69, 9.17) is 9.47 Å². The normalized spacial score (nSPS) is 24.0. The highest BCUT2D eigenvalue weighted by molar-refractivity contribution is 5.72. The largest absolute Gasteiger partial charge is 0.466 e. The Bertz CT molecular complexity index is 674. The molecule has 0 aliphatic heterocycles. The summed E-state index contributed by atoms with van der Waals surface area (Å²) in [7, 11) is 0.